The normalized spacial score (nSPS) is 10.8. The largest absolute Gasteiger partial charge is 0.484 e. The van der Waals surface area contributed by atoms with E-state index >= 15 is 0 Å². The molecule has 0 unspecified atom stereocenters. The van der Waals surface area contributed by atoms with Crippen molar-refractivity contribution in [1.82, 2.24) is 10.2 Å². The molecular formula is C14H12BrN3O2S. The number of hydrogen-bond donors (Lipinski definition) is 1. The molecule has 0 saturated carbocycles. The van der Waals surface area contributed by atoms with Crippen molar-refractivity contribution >= 4 is 33.0 Å². The Labute approximate surface area is 133 Å². The first-order chi connectivity index (χ1) is 10.1. The van der Waals surface area contributed by atoms with Crippen molar-refractivity contribution in [3.63, 3.8) is 0 Å². The van der Waals surface area contributed by atoms with Crippen LogP contribution in [0.2, 0.25) is 0 Å². The number of halogens is 1. The van der Waals surface area contributed by atoms with Crippen molar-refractivity contribution in [2.75, 3.05) is 5.73 Å². The fourth-order valence-electron chi connectivity index (χ4n) is 1.81. The standard InChI is InChI=1S/C14H12BrN3O2S/c1-8-6-9(16)2-3-10(8)19-7-13-17-18-14(20-13)11-4-5-12(15)21-11/h2-6H,7,16H2,1H3. The van der Waals surface area contributed by atoms with E-state index in [2.05, 4.69) is 26.1 Å². The molecule has 0 aliphatic carbocycles. The van der Waals surface area contributed by atoms with Gasteiger partial charge in [0.2, 0.25) is 0 Å². The van der Waals surface area contributed by atoms with Crippen LogP contribution in [0.25, 0.3) is 10.8 Å². The number of rotatable bonds is 4. The second-order valence-corrected chi connectivity index (χ2v) is 6.88. The van der Waals surface area contributed by atoms with Crippen LogP contribution >= 0.6 is 27.3 Å². The van der Waals surface area contributed by atoms with Crippen LogP contribution in [0.4, 0.5) is 5.69 Å². The Morgan fingerprint density at radius 1 is 1.29 bits per heavy atom. The molecule has 0 radical (unpaired) electrons. The molecule has 0 atom stereocenters. The number of thiophene rings is 1. The van der Waals surface area contributed by atoms with E-state index in [9.17, 15) is 0 Å². The maximum Gasteiger partial charge on any atom is 0.257 e. The number of aryl methyl sites for hydroxylation is 1. The van der Waals surface area contributed by atoms with Gasteiger partial charge in [-0.3, -0.25) is 0 Å². The van der Waals surface area contributed by atoms with Gasteiger partial charge in [0.1, 0.15) is 5.75 Å². The second kappa shape index (κ2) is 5.87. The van der Waals surface area contributed by atoms with E-state index in [1.54, 1.807) is 6.07 Å². The monoisotopic (exact) mass is 365 g/mol. The minimum Gasteiger partial charge on any atom is -0.484 e. The molecule has 108 valence electrons. The summed E-state index contributed by atoms with van der Waals surface area (Å²) in [6.07, 6.45) is 0. The van der Waals surface area contributed by atoms with E-state index in [1.807, 2.05) is 31.2 Å². The predicted octanol–water partition coefficient (Wildman–Crippen LogP) is 4.03. The Morgan fingerprint density at radius 2 is 2.14 bits per heavy atom. The number of hydrogen-bond acceptors (Lipinski definition) is 6. The summed E-state index contributed by atoms with van der Waals surface area (Å²) >= 11 is 4.94. The van der Waals surface area contributed by atoms with E-state index < -0.39 is 0 Å². The van der Waals surface area contributed by atoms with E-state index in [4.69, 9.17) is 14.9 Å². The molecule has 0 amide bonds. The Morgan fingerprint density at radius 3 is 2.86 bits per heavy atom. The Hall–Kier alpha value is -1.86. The van der Waals surface area contributed by atoms with Crippen molar-refractivity contribution in [2.24, 2.45) is 0 Å². The zero-order chi connectivity index (χ0) is 14.8. The van der Waals surface area contributed by atoms with Gasteiger partial charge in [0.05, 0.1) is 8.66 Å². The van der Waals surface area contributed by atoms with Crippen molar-refractivity contribution in [2.45, 2.75) is 13.5 Å². The maximum absolute atomic E-state index is 5.71. The van der Waals surface area contributed by atoms with Gasteiger partial charge in [-0.2, -0.15) is 0 Å². The van der Waals surface area contributed by atoms with E-state index in [1.165, 1.54) is 11.3 Å². The average molecular weight is 366 g/mol. The molecule has 1 aromatic carbocycles. The summed E-state index contributed by atoms with van der Waals surface area (Å²) in [6, 6.07) is 9.36. The summed E-state index contributed by atoms with van der Waals surface area (Å²) in [7, 11) is 0. The third kappa shape index (κ3) is 3.25. The van der Waals surface area contributed by atoms with Crippen LogP contribution in [-0.2, 0) is 6.61 Å². The van der Waals surface area contributed by atoms with Crippen molar-refractivity contribution in [3.05, 3.63) is 45.6 Å². The topological polar surface area (TPSA) is 74.2 Å². The minimum atomic E-state index is 0.226. The molecule has 0 fully saturated rings. The summed E-state index contributed by atoms with van der Waals surface area (Å²) in [6.45, 7) is 2.17. The van der Waals surface area contributed by atoms with E-state index in [0.29, 0.717) is 17.5 Å². The van der Waals surface area contributed by atoms with Crippen molar-refractivity contribution in [3.8, 4) is 16.5 Å². The lowest BCUT2D eigenvalue weighted by molar-refractivity contribution is 0.263. The molecule has 3 rings (SSSR count). The predicted molar refractivity (Wildman–Crippen MR) is 85.2 cm³/mol. The zero-order valence-electron chi connectivity index (χ0n) is 11.2. The molecule has 7 heteroatoms. The molecule has 2 N–H and O–H groups in total. The summed E-state index contributed by atoms with van der Waals surface area (Å²) < 4.78 is 12.3. The molecule has 5 nitrogen and oxygen atoms in total. The number of nitrogen functional groups attached to an aromatic ring is 1. The van der Waals surface area contributed by atoms with Crippen LogP contribution in [0.15, 0.2) is 38.5 Å². The Balaban J connectivity index is 1.70. The van der Waals surface area contributed by atoms with E-state index in [0.717, 1.165) is 20.0 Å². The van der Waals surface area contributed by atoms with Gasteiger partial charge in [0.25, 0.3) is 11.8 Å². The van der Waals surface area contributed by atoms with Gasteiger partial charge in [-0.1, -0.05) is 0 Å². The Bertz CT molecular complexity index is 769. The zero-order valence-corrected chi connectivity index (χ0v) is 13.6. The Kier molecular flexibility index (Phi) is 3.94. The number of nitrogens with two attached hydrogens (primary N) is 1. The highest BCUT2D eigenvalue weighted by Crippen LogP contribution is 2.30. The highest BCUT2D eigenvalue weighted by Gasteiger charge is 2.11. The van der Waals surface area contributed by atoms with Crippen LogP contribution < -0.4 is 10.5 Å². The molecule has 0 aliphatic rings. The number of nitrogens with zero attached hydrogens (tertiary/aromatic N) is 2. The molecule has 0 saturated heterocycles. The van der Waals surface area contributed by atoms with Crippen LogP contribution in [-0.4, -0.2) is 10.2 Å². The third-order valence-corrected chi connectivity index (χ3v) is 4.41. The first kappa shape index (κ1) is 14.1. The smallest absolute Gasteiger partial charge is 0.257 e. The van der Waals surface area contributed by atoms with Gasteiger partial charge >= 0.3 is 0 Å². The number of anilines is 1. The SMILES string of the molecule is Cc1cc(N)ccc1OCc1nnc(-c2ccc(Br)s2)o1. The summed E-state index contributed by atoms with van der Waals surface area (Å²) in [4.78, 5) is 0.921. The molecule has 3 aromatic rings. The second-order valence-electron chi connectivity index (χ2n) is 4.42. The fourth-order valence-corrected chi connectivity index (χ4v) is 3.12. The van der Waals surface area contributed by atoms with Crippen molar-refractivity contribution in [1.29, 1.82) is 0 Å². The molecular weight excluding hydrogens is 354 g/mol. The summed E-state index contributed by atoms with van der Waals surface area (Å²) in [5.74, 6) is 1.69. The summed E-state index contributed by atoms with van der Waals surface area (Å²) in [5.41, 5.74) is 7.39. The minimum absolute atomic E-state index is 0.226. The lowest BCUT2D eigenvalue weighted by atomic mass is 10.2. The maximum atomic E-state index is 5.71. The first-order valence-electron chi connectivity index (χ1n) is 6.19. The van der Waals surface area contributed by atoms with Gasteiger partial charge in [0.15, 0.2) is 6.61 Å². The average Bonchev–Trinajstić information content (AvgIpc) is 3.06. The van der Waals surface area contributed by atoms with E-state index in [-0.39, 0.29) is 6.61 Å². The summed E-state index contributed by atoms with van der Waals surface area (Å²) in [5, 5.41) is 8.01. The van der Waals surface area contributed by atoms with Gasteiger partial charge < -0.3 is 14.9 Å². The van der Waals surface area contributed by atoms with Crippen LogP contribution in [0.1, 0.15) is 11.5 Å². The van der Waals surface area contributed by atoms with Crippen LogP contribution in [0.5, 0.6) is 5.75 Å². The van der Waals surface area contributed by atoms with Gasteiger partial charge in [-0.15, -0.1) is 21.5 Å². The highest BCUT2D eigenvalue weighted by atomic mass is 79.9. The fraction of sp³-hybridized carbons (Fsp3) is 0.143. The van der Waals surface area contributed by atoms with Crippen LogP contribution in [0.3, 0.4) is 0 Å². The lowest BCUT2D eigenvalue weighted by Crippen LogP contribution is -1.98. The molecule has 2 aromatic heterocycles. The third-order valence-electron chi connectivity index (χ3n) is 2.80. The quantitative estimate of drug-likeness (QED) is 0.706. The molecule has 0 aliphatic heterocycles. The first-order valence-corrected chi connectivity index (χ1v) is 7.80. The van der Waals surface area contributed by atoms with Gasteiger partial charge in [-0.25, -0.2) is 0 Å². The number of ether oxygens (including phenoxy) is 1. The molecule has 0 bridgehead atoms. The van der Waals surface area contributed by atoms with Crippen LogP contribution in [0, 0.1) is 6.92 Å². The molecule has 2 heterocycles. The molecule has 21 heavy (non-hydrogen) atoms. The molecule has 0 spiro atoms. The lowest BCUT2D eigenvalue weighted by Gasteiger charge is -2.07. The van der Waals surface area contributed by atoms with Gasteiger partial charge in [-0.05, 0) is 58.7 Å². The number of benzene rings is 1. The van der Waals surface area contributed by atoms with Gasteiger partial charge in [0, 0.05) is 5.69 Å². The highest BCUT2D eigenvalue weighted by molar-refractivity contribution is 9.11. The van der Waals surface area contributed by atoms with Crippen molar-refractivity contribution < 1.29 is 9.15 Å². The number of aromatic nitrogens is 2.